The highest BCUT2D eigenvalue weighted by molar-refractivity contribution is 5.94. The lowest BCUT2D eigenvalue weighted by molar-refractivity contribution is 0.0950. The standard InChI is InChI=1S/C16H14FN5O2/c1-24-15-5-4-11(7-14(15)17)16(23)19-8-12-10-22(21-20-12)13-3-2-6-18-9-13/h2-7,9-10H,8H2,1H3,(H,19,23). The zero-order valence-electron chi connectivity index (χ0n) is 12.8. The number of ether oxygens (including phenoxy) is 1. The number of pyridine rings is 1. The third kappa shape index (κ3) is 3.37. The molecule has 8 heteroatoms. The molecule has 0 bridgehead atoms. The number of benzene rings is 1. The van der Waals surface area contributed by atoms with Crippen molar-refractivity contribution in [1.82, 2.24) is 25.3 Å². The second kappa shape index (κ2) is 6.86. The number of halogens is 1. The van der Waals surface area contributed by atoms with E-state index in [4.69, 9.17) is 4.74 Å². The summed E-state index contributed by atoms with van der Waals surface area (Å²) >= 11 is 0. The minimum atomic E-state index is -0.590. The number of methoxy groups -OCH3 is 1. The van der Waals surface area contributed by atoms with E-state index in [0.717, 1.165) is 11.8 Å². The van der Waals surface area contributed by atoms with Gasteiger partial charge in [0.15, 0.2) is 11.6 Å². The number of nitrogens with one attached hydrogen (secondary N) is 1. The van der Waals surface area contributed by atoms with Gasteiger partial charge in [-0.1, -0.05) is 5.21 Å². The number of hydrogen-bond acceptors (Lipinski definition) is 5. The molecular weight excluding hydrogens is 313 g/mol. The lowest BCUT2D eigenvalue weighted by Gasteiger charge is -2.05. The van der Waals surface area contributed by atoms with Gasteiger partial charge in [0.25, 0.3) is 5.91 Å². The summed E-state index contributed by atoms with van der Waals surface area (Å²) in [6.45, 7) is 0.173. The molecule has 0 aliphatic carbocycles. The van der Waals surface area contributed by atoms with Gasteiger partial charge in [-0.3, -0.25) is 9.78 Å². The Morgan fingerprint density at radius 1 is 1.38 bits per heavy atom. The van der Waals surface area contributed by atoms with Gasteiger partial charge < -0.3 is 10.1 Å². The molecule has 7 nitrogen and oxygen atoms in total. The van der Waals surface area contributed by atoms with Crippen LogP contribution in [0.4, 0.5) is 4.39 Å². The number of amides is 1. The molecule has 1 N–H and O–H groups in total. The largest absolute Gasteiger partial charge is 0.494 e. The van der Waals surface area contributed by atoms with E-state index in [9.17, 15) is 9.18 Å². The Balaban J connectivity index is 1.65. The fourth-order valence-electron chi connectivity index (χ4n) is 2.08. The van der Waals surface area contributed by atoms with Gasteiger partial charge >= 0.3 is 0 Å². The first-order valence-electron chi connectivity index (χ1n) is 7.11. The Bertz CT molecular complexity index is 851. The van der Waals surface area contributed by atoms with Gasteiger partial charge in [-0.2, -0.15) is 0 Å². The lowest BCUT2D eigenvalue weighted by Crippen LogP contribution is -2.23. The molecule has 3 aromatic rings. The summed E-state index contributed by atoms with van der Waals surface area (Å²) in [5.74, 6) is -0.911. The van der Waals surface area contributed by atoms with Crippen molar-refractivity contribution in [1.29, 1.82) is 0 Å². The lowest BCUT2D eigenvalue weighted by atomic mass is 10.2. The van der Waals surface area contributed by atoms with Crippen LogP contribution in [-0.4, -0.2) is 33.0 Å². The molecule has 24 heavy (non-hydrogen) atoms. The Labute approximate surface area is 137 Å². The summed E-state index contributed by atoms with van der Waals surface area (Å²) in [7, 11) is 1.36. The molecule has 1 aromatic carbocycles. The first kappa shape index (κ1) is 15.6. The first-order chi connectivity index (χ1) is 11.7. The van der Waals surface area contributed by atoms with Gasteiger partial charge in [0.05, 0.1) is 31.7 Å². The molecule has 0 fully saturated rings. The summed E-state index contributed by atoms with van der Waals surface area (Å²) in [5.41, 5.74) is 1.54. The van der Waals surface area contributed by atoms with Crippen molar-refractivity contribution in [3.05, 3.63) is 66.0 Å². The molecule has 0 aliphatic rings. The highest BCUT2D eigenvalue weighted by Gasteiger charge is 2.11. The highest BCUT2D eigenvalue weighted by Crippen LogP contribution is 2.17. The van der Waals surface area contributed by atoms with E-state index in [-0.39, 0.29) is 17.9 Å². The van der Waals surface area contributed by atoms with Crippen LogP contribution < -0.4 is 10.1 Å². The first-order valence-corrected chi connectivity index (χ1v) is 7.11. The van der Waals surface area contributed by atoms with E-state index >= 15 is 0 Å². The Morgan fingerprint density at radius 3 is 2.96 bits per heavy atom. The molecule has 2 heterocycles. The van der Waals surface area contributed by atoms with Crippen molar-refractivity contribution in [3.8, 4) is 11.4 Å². The van der Waals surface area contributed by atoms with Crippen LogP contribution in [0.25, 0.3) is 5.69 Å². The average Bonchev–Trinajstić information content (AvgIpc) is 3.09. The number of carbonyl (C=O) groups is 1. The minimum Gasteiger partial charge on any atom is -0.494 e. The van der Waals surface area contributed by atoms with Gasteiger partial charge in [0.2, 0.25) is 0 Å². The molecule has 1 amide bonds. The topological polar surface area (TPSA) is 81.9 Å². The van der Waals surface area contributed by atoms with E-state index in [0.29, 0.717) is 5.69 Å². The zero-order valence-corrected chi connectivity index (χ0v) is 12.8. The molecule has 0 aliphatic heterocycles. The van der Waals surface area contributed by atoms with Crippen molar-refractivity contribution < 1.29 is 13.9 Å². The Hall–Kier alpha value is -3.29. The summed E-state index contributed by atoms with van der Waals surface area (Å²) in [6, 6.07) is 7.65. The molecule has 3 rings (SSSR count). The summed E-state index contributed by atoms with van der Waals surface area (Å²) in [5, 5.41) is 10.6. The summed E-state index contributed by atoms with van der Waals surface area (Å²) < 4.78 is 20.0. The molecule has 0 radical (unpaired) electrons. The van der Waals surface area contributed by atoms with Crippen LogP contribution in [0.3, 0.4) is 0 Å². The maximum Gasteiger partial charge on any atom is 0.251 e. The van der Waals surface area contributed by atoms with Gasteiger partial charge in [-0.25, -0.2) is 9.07 Å². The normalized spacial score (nSPS) is 10.4. The molecule has 0 unspecified atom stereocenters. The minimum absolute atomic E-state index is 0.0889. The van der Waals surface area contributed by atoms with Crippen LogP contribution >= 0.6 is 0 Å². The van der Waals surface area contributed by atoms with Crippen LogP contribution in [0.15, 0.2) is 48.9 Å². The zero-order chi connectivity index (χ0) is 16.9. The van der Waals surface area contributed by atoms with E-state index in [1.807, 2.05) is 6.07 Å². The van der Waals surface area contributed by atoms with Crippen LogP contribution in [0.2, 0.25) is 0 Å². The number of rotatable bonds is 5. The SMILES string of the molecule is COc1ccc(C(=O)NCc2cn(-c3cccnc3)nn2)cc1F. The molecule has 2 aromatic heterocycles. The van der Waals surface area contributed by atoms with E-state index in [1.54, 1.807) is 29.3 Å². The smallest absolute Gasteiger partial charge is 0.251 e. The van der Waals surface area contributed by atoms with Crippen molar-refractivity contribution in [2.75, 3.05) is 7.11 Å². The Kier molecular flexibility index (Phi) is 4.46. The molecule has 0 saturated carbocycles. The van der Waals surface area contributed by atoms with E-state index < -0.39 is 11.7 Å². The van der Waals surface area contributed by atoms with Crippen LogP contribution in [-0.2, 0) is 6.54 Å². The molecule has 122 valence electrons. The van der Waals surface area contributed by atoms with Crippen LogP contribution in [0.1, 0.15) is 16.1 Å². The third-order valence-electron chi connectivity index (χ3n) is 3.30. The molecule has 0 saturated heterocycles. The van der Waals surface area contributed by atoms with Crippen LogP contribution in [0, 0.1) is 5.82 Å². The quantitative estimate of drug-likeness (QED) is 0.772. The van der Waals surface area contributed by atoms with Gasteiger partial charge in [0.1, 0.15) is 5.69 Å². The number of hydrogen-bond donors (Lipinski definition) is 1. The second-order valence-corrected chi connectivity index (χ2v) is 4.90. The maximum absolute atomic E-state index is 13.6. The molecular formula is C16H14FN5O2. The molecule has 0 spiro atoms. The van der Waals surface area contributed by atoms with Crippen molar-refractivity contribution in [3.63, 3.8) is 0 Å². The average molecular weight is 327 g/mol. The fourth-order valence-corrected chi connectivity index (χ4v) is 2.08. The van der Waals surface area contributed by atoms with Crippen LogP contribution in [0.5, 0.6) is 5.75 Å². The van der Waals surface area contributed by atoms with Crippen molar-refractivity contribution >= 4 is 5.91 Å². The Morgan fingerprint density at radius 2 is 2.25 bits per heavy atom. The highest BCUT2D eigenvalue weighted by atomic mass is 19.1. The summed E-state index contributed by atoms with van der Waals surface area (Å²) in [6.07, 6.45) is 5.00. The number of nitrogens with zero attached hydrogens (tertiary/aromatic N) is 4. The molecule has 0 atom stereocenters. The predicted octanol–water partition coefficient (Wildman–Crippen LogP) is 1.74. The van der Waals surface area contributed by atoms with E-state index in [1.165, 1.54) is 19.2 Å². The third-order valence-corrected chi connectivity index (χ3v) is 3.30. The van der Waals surface area contributed by atoms with Crippen molar-refractivity contribution in [2.24, 2.45) is 0 Å². The number of carbonyl (C=O) groups excluding carboxylic acids is 1. The van der Waals surface area contributed by atoms with Gasteiger partial charge in [-0.15, -0.1) is 5.10 Å². The van der Waals surface area contributed by atoms with E-state index in [2.05, 4.69) is 20.6 Å². The fraction of sp³-hybridized carbons (Fsp3) is 0.125. The number of aromatic nitrogens is 4. The maximum atomic E-state index is 13.6. The monoisotopic (exact) mass is 327 g/mol. The summed E-state index contributed by atoms with van der Waals surface area (Å²) in [4.78, 5) is 16.1. The van der Waals surface area contributed by atoms with Gasteiger partial charge in [0, 0.05) is 11.8 Å². The van der Waals surface area contributed by atoms with Crippen molar-refractivity contribution in [2.45, 2.75) is 6.54 Å². The van der Waals surface area contributed by atoms with Gasteiger partial charge in [-0.05, 0) is 30.3 Å². The second-order valence-electron chi connectivity index (χ2n) is 4.90. The predicted molar refractivity (Wildman–Crippen MR) is 83.3 cm³/mol.